The summed E-state index contributed by atoms with van der Waals surface area (Å²) in [5.74, 6) is 0.682. The van der Waals surface area contributed by atoms with E-state index in [4.69, 9.17) is 0 Å². The Morgan fingerprint density at radius 3 is 2.88 bits per heavy atom. The molecule has 2 aromatic rings. The van der Waals surface area contributed by atoms with E-state index in [9.17, 15) is 4.79 Å². The number of para-hydroxylation sites is 1. The number of nitrogens with zero attached hydrogens (tertiary/aromatic N) is 2. The lowest BCUT2D eigenvalue weighted by atomic mass is 10.2. The van der Waals surface area contributed by atoms with Gasteiger partial charge in [-0.15, -0.1) is 0 Å². The Morgan fingerprint density at radius 2 is 2.18 bits per heavy atom. The molecule has 0 aliphatic heterocycles. The molecule has 1 aliphatic carbocycles. The summed E-state index contributed by atoms with van der Waals surface area (Å²) in [7, 11) is 0. The van der Waals surface area contributed by atoms with Gasteiger partial charge < -0.3 is 0 Å². The van der Waals surface area contributed by atoms with Crippen molar-refractivity contribution in [1.29, 1.82) is 0 Å². The first-order valence-corrected chi connectivity index (χ1v) is 7.05. The minimum absolute atomic E-state index is 0.104. The van der Waals surface area contributed by atoms with Gasteiger partial charge >= 0.3 is 0 Å². The third-order valence-corrected chi connectivity index (χ3v) is 3.82. The molecule has 0 saturated heterocycles. The summed E-state index contributed by atoms with van der Waals surface area (Å²) in [5.41, 5.74) is 0.903. The topological polar surface area (TPSA) is 34.9 Å². The van der Waals surface area contributed by atoms with Crippen molar-refractivity contribution >= 4 is 22.7 Å². The lowest BCUT2D eigenvalue weighted by Crippen LogP contribution is -2.24. The second-order valence-electron chi connectivity index (χ2n) is 4.47. The molecule has 1 heterocycles. The van der Waals surface area contributed by atoms with E-state index in [1.165, 1.54) is 12.8 Å². The molecule has 1 aliphatic rings. The van der Waals surface area contributed by atoms with E-state index in [0.717, 1.165) is 22.6 Å². The molecule has 0 atom stereocenters. The summed E-state index contributed by atoms with van der Waals surface area (Å²) in [5, 5.41) is 1.56. The number of hydrogen-bond acceptors (Lipinski definition) is 3. The van der Waals surface area contributed by atoms with Gasteiger partial charge in [0.15, 0.2) is 5.16 Å². The Morgan fingerprint density at radius 1 is 1.41 bits per heavy atom. The highest BCUT2D eigenvalue weighted by atomic mass is 32.2. The first kappa shape index (κ1) is 10.8. The highest BCUT2D eigenvalue weighted by Crippen LogP contribution is 2.31. The second-order valence-corrected chi connectivity index (χ2v) is 5.25. The molecule has 1 saturated carbocycles. The van der Waals surface area contributed by atoms with E-state index < -0.39 is 0 Å². The van der Waals surface area contributed by atoms with Crippen LogP contribution in [-0.4, -0.2) is 15.8 Å². The summed E-state index contributed by atoms with van der Waals surface area (Å²) in [6, 6.07) is 7.58. The van der Waals surface area contributed by atoms with Crippen LogP contribution in [0.5, 0.6) is 0 Å². The van der Waals surface area contributed by atoms with Gasteiger partial charge in [0.2, 0.25) is 0 Å². The number of hydrogen-bond donors (Lipinski definition) is 0. The first-order chi connectivity index (χ1) is 8.29. The molecule has 17 heavy (non-hydrogen) atoms. The van der Waals surface area contributed by atoms with Gasteiger partial charge in [-0.25, -0.2) is 4.98 Å². The third kappa shape index (κ3) is 1.97. The average molecular weight is 246 g/mol. The number of rotatable bonds is 3. The van der Waals surface area contributed by atoms with Crippen LogP contribution in [0, 0.1) is 5.92 Å². The predicted molar refractivity (Wildman–Crippen MR) is 70.5 cm³/mol. The van der Waals surface area contributed by atoms with Crippen LogP contribution in [0.2, 0.25) is 0 Å². The van der Waals surface area contributed by atoms with E-state index in [0.29, 0.717) is 5.92 Å². The normalized spacial score (nSPS) is 15.4. The smallest absolute Gasteiger partial charge is 0.262 e. The van der Waals surface area contributed by atoms with Crippen molar-refractivity contribution in [3.63, 3.8) is 0 Å². The van der Waals surface area contributed by atoms with Crippen LogP contribution in [0.1, 0.15) is 12.8 Å². The van der Waals surface area contributed by atoms with Crippen LogP contribution in [0.15, 0.2) is 34.2 Å². The third-order valence-electron chi connectivity index (χ3n) is 3.15. The van der Waals surface area contributed by atoms with Gasteiger partial charge in [-0.3, -0.25) is 9.36 Å². The number of benzene rings is 1. The lowest BCUT2D eigenvalue weighted by Gasteiger charge is -2.10. The van der Waals surface area contributed by atoms with Crippen molar-refractivity contribution in [2.45, 2.75) is 24.5 Å². The van der Waals surface area contributed by atoms with E-state index in [1.807, 2.05) is 35.1 Å². The van der Waals surface area contributed by atoms with E-state index in [2.05, 4.69) is 4.98 Å². The summed E-state index contributed by atoms with van der Waals surface area (Å²) < 4.78 is 1.84. The van der Waals surface area contributed by atoms with Gasteiger partial charge in [-0.2, -0.15) is 0 Å². The van der Waals surface area contributed by atoms with Crippen LogP contribution in [-0.2, 0) is 6.54 Å². The van der Waals surface area contributed by atoms with E-state index in [1.54, 1.807) is 11.8 Å². The largest absolute Gasteiger partial charge is 0.287 e. The molecule has 1 aromatic heterocycles. The Kier molecular flexibility index (Phi) is 2.67. The fraction of sp³-hybridized carbons (Fsp3) is 0.385. The fourth-order valence-electron chi connectivity index (χ4n) is 2.02. The molecular formula is C13H14N2OS. The van der Waals surface area contributed by atoms with Crippen molar-refractivity contribution in [2.24, 2.45) is 5.92 Å². The van der Waals surface area contributed by atoms with Crippen LogP contribution >= 0.6 is 11.8 Å². The molecule has 4 heteroatoms. The molecule has 0 bridgehead atoms. The van der Waals surface area contributed by atoms with Gasteiger partial charge in [0.05, 0.1) is 10.9 Å². The molecule has 3 nitrogen and oxygen atoms in total. The van der Waals surface area contributed by atoms with Crippen LogP contribution in [0.3, 0.4) is 0 Å². The summed E-state index contributed by atoms with van der Waals surface area (Å²) in [6.07, 6.45) is 4.46. The zero-order chi connectivity index (χ0) is 11.8. The van der Waals surface area contributed by atoms with Gasteiger partial charge in [0.1, 0.15) is 0 Å². The molecule has 1 fully saturated rings. The minimum atomic E-state index is 0.104. The van der Waals surface area contributed by atoms with Crippen molar-refractivity contribution in [3.8, 4) is 0 Å². The van der Waals surface area contributed by atoms with E-state index >= 15 is 0 Å². The molecule has 0 amide bonds. The van der Waals surface area contributed by atoms with Gasteiger partial charge in [0.25, 0.3) is 5.56 Å². The molecule has 0 N–H and O–H groups in total. The maximum atomic E-state index is 12.4. The van der Waals surface area contributed by atoms with Gasteiger partial charge in [-0.05, 0) is 37.1 Å². The molecule has 3 rings (SSSR count). The molecular weight excluding hydrogens is 232 g/mol. The first-order valence-electron chi connectivity index (χ1n) is 5.83. The maximum absolute atomic E-state index is 12.4. The number of thioether (sulfide) groups is 1. The Bertz CT molecular complexity index is 616. The zero-order valence-corrected chi connectivity index (χ0v) is 10.5. The fourth-order valence-corrected chi connectivity index (χ4v) is 2.59. The van der Waals surface area contributed by atoms with E-state index in [-0.39, 0.29) is 5.56 Å². The zero-order valence-electron chi connectivity index (χ0n) is 9.72. The summed E-state index contributed by atoms with van der Waals surface area (Å²) >= 11 is 1.55. The maximum Gasteiger partial charge on any atom is 0.262 e. The quantitative estimate of drug-likeness (QED) is 0.616. The molecule has 0 radical (unpaired) electrons. The highest BCUT2D eigenvalue weighted by Gasteiger charge is 2.24. The number of fused-ring (bicyclic) bond motifs is 1. The van der Waals surface area contributed by atoms with Crippen LogP contribution in [0.4, 0.5) is 0 Å². The SMILES string of the molecule is CSc1nc2ccccc2c(=O)n1CC1CC1. The lowest BCUT2D eigenvalue weighted by molar-refractivity contribution is 0.549. The van der Waals surface area contributed by atoms with Crippen molar-refractivity contribution in [2.75, 3.05) is 6.26 Å². The van der Waals surface area contributed by atoms with Crippen molar-refractivity contribution < 1.29 is 0 Å². The van der Waals surface area contributed by atoms with Crippen LogP contribution in [0.25, 0.3) is 10.9 Å². The molecule has 0 spiro atoms. The molecule has 88 valence electrons. The highest BCUT2D eigenvalue weighted by molar-refractivity contribution is 7.98. The summed E-state index contributed by atoms with van der Waals surface area (Å²) in [4.78, 5) is 16.9. The van der Waals surface area contributed by atoms with Gasteiger partial charge in [-0.1, -0.05) is 23.9 Å². The Hall–Kier alpha value is -1.29. The van der Waals surface area contributed by atoms with Crippen molar-refractivity contribution in [1.82, 2.24) is 9.55 Å². The van der Waals surface area contributed by atoms with Gasteiger partial charge in [0, 0.05) is 6.54 Å². The Balaban J connectivity index is 2.23. The standard InChI is InChI=1S/C13H14N2OS/c1-17-13-14-11-5-3-2-4-10(11)12(16)15(13)8-9-6-7-9/h2-5,9H,6-8H2,1H3. The minimum Gasteiger partial charge on any atom is -0.287 e. The van der Waals surface area contributed by atoms with Crippen LogP contribution < -0.4 is 5.56 Å². The monoisotopic (exact) mass is 246 g/mol. The van der Waals surface area contributed by atoms with Crippen molar-refractivity contribution in [3.05, 3.63) is 34.6 Å². The second kappa shape index (κ2) is 4.18. The average Bonchev–Trinajstić information content (AvgIpc) is 3.16. The summed E-state index contributed by atoms with van der Waals surface area (Å²) in [6.45, 7) is 0.826. The number of aromatic nitrogens is 2. The predicted octanol–water partition coefficient (Wildman–Crippen LogP) is 2.53. The molecule has 0 unspecified atom stereocenters. The Labute approximate surface area is 104 Å². The molecule has 1 aromatic carbocycles.